The van der Waals surface area contributed by atoms with Crippen LogP contribution >= 0.6 is 0 Å². The summed E-state index contributed by atoms with van der Waals surface area (Å²) in [5.41, 5.74) is 1.88. The van der Waals surface area contributed by atoms with Crippen LogP contribution in [0.15, 0.2) is 48.5 Å². The molecule has 3 amide bonds. The van der Waals surface area contributed by atoms with Crippen molar-refractivity contribution in [2.24, 2.45) is 5.92 Å². The SMILES string of the molecule is CC(C)COc1ccc(CC(=O)N(Cc2ccc(F)cc2)C2CCN(CCN3CCNC3=O)CC2)cc1. The number of rotatable bonds is 11. The van der Waals surface area contributed by atoms with Crippen molar-refractivity contribution in [3.8, 4) is 5.75 Å². The van der Waals surface area contributed by atoms with Crippen molar-refractivity contribution in [2.75, 3.05) is 45.9 Å². The van der Waals surface area contributed by atoms with Crippen molar-refractivity contribution in [1.82, 2.24) is 20.0 Å². The maximum atomic E-state index is 13.6. The number of carbonyl (C=O) groups is 2. The highest BCUT2D eigenvalue weighted by Crippen LogP contribution is 2.22. The highest BCUT2D eigenvalue weighted by molar-refractivity contribution is 5.79. The topological polar surface area (TPSA) is 65.1 Å². The zero-order chi connectivity index (χ0) is 26.2. The molecule has 2 heterocycles. The number of carbonyl (C=O) groups excluding carboxylic acids is 2. The van der Waals surface area contributed by atoms with Crippen molar-refractivity contribution < 1.29 is 18.7 Å². The minimum Gasteiger partial charge on any atom is -0.493 e. The van der Waals surface area contributed by atoms with E-state index < -0.39 is 0 Å². The van der Waals surface area contributed by atoms with Crippen LogP contribution in [-0.2, 0) is 17.8 Å². The lowest BCUT2D eigenvalue weighted by molar-refractivity contribution is -0.134. The van der Waals surface area contributed by atoms with Gasteiger partial charge in [-0.05, 0) is 54.2 Å². The highest BCUT2D eigenvalue weighted by atomic mass is 19.1. The molecule has 37 heavy (non-hydrogen) atoms. The standard InChI is InChI=1S/C29H39FN4O3/c1-22(2)21-37-27-9-5-23(6-10-27)19-28(35)34(20-24-3-7-25(30)8-4-24)26-11-14-32(15-12-26)17-18-33-16-13-31-29(33)36/h3-10,22,26H,11-21H2,1-2H3,(H,31,36). The average molecular weight is 511 g/mol. The number of amides is 3. The lowest BCUT2D eigenvalue weighted by Gasteiger charge is -2.39. The van der Waals surface area contributed by atoms with E-state index >= 15 is 0 Å². The van der Waals surface area contributed by atoms with Crippen molar-refractivity contribution >= 4 is 11.9 Å². The van der Waals surface area contributed by atoms with Gasteiger partial charge in [-0.3, -0.25) is 4.79 Å². The van der Waals surface area contributed by atoms with Gasteiger partial charge in [0.25, 0.3) is 0 Å². The molecule has 0 bridgehead atoms. The van der Waals surface area contributed by atoms with Crippen LogP contribution < -0.4 is 10.1 Å². The first-order chi connectivity index (χ1) is 17.9. The molecule has 0 spiro atoms. The van der Waals surface area contributed by atoms with E-state index in [9.17, 15) is 14.0 Å². The zero-order valence-electron chi connectivity index (χ0n) is 22.0. The summed E-state index contributed by atoms with van der Waals surface area (Å²) in [6.07, 6.45) is 2.07. The summed E-state index contributed by atoms with van der Waals surface area (Å²) < 4.78 is 19.3. The Morgan fingerprint density at radius 3 is 2.32 bits per heavy atom. The molecule has 0 aromatic heterocycles. The molecule has 2 aromatic carbocycles. The third-order valence-corrected chi connectivity index (χ3v) is 7.08. The number of nitrogens with one attached hydrogen (secondary N) is 1. The fraction of sp³-hybridized carbons (Fsp3) is 0.517. The van der Waals surface area contributed by atoms with Gasteiger partial charge in [-0.1, -0.05) is 38.1 Å². The summed E-state index contributed by atoms with van der Waals surface area (Å²) in [4.78, 5) is 31.6. The summed E-state index contributed by atoms with van der Waals surface area (Å²) in [7, 11) is 0. The number of halogens is 1. The van der Waals surface area contributed by atoms with E-state index in [1.807, 2.05) is 34.1 Å². The second kappa shape index (κ2) is 12.9. The Morgan fingerprint density at radius 1 is 1.03 bits per heavy atom. The Bertz CT molecular complexity index is 1020. The number of piperidine rings is 1. The van der Waals surface area contributed by atoms with Crippen LogP contribution in [0.1, 0.15) is 37.8 Å². The average Bonchev–Trinajstić information content (AvgIpc) is 3.31. The molecule has 0 atom stereocenters. The van der Waals surface area contributed by atoms with Crippen LogP contribution in [0.2, 0.25) is 0 Å². The molecule has 2 aromatic rings. The van der Waals surface area contributed by atoms with Crippen LogP contribution in [0, 0.1) is 11.7 Å². The predicted octanol–water partition coefficient (Wildman–Crippen LogP) is 3.92. The van der Waals surface area contributed by atoms with Crippen LogP contribution in [0.25, 0.3) is 0 Å². The Hall–Kier alpha value is -3.13. The first-order valence-electron chi connectivity index (χ1n) is 13.4. The number of likely N-dealkylation sites (tertiary alicyclic amines) is 1. The van der Waals surface area contributed by atoms with E-state index in [1.54, 1.807) is 12.1 Å². The molecular weight excluding hydrogens is 471 g/mol. The van der Waals surface area contributed by atoms with Gasteiger partial charge in [0.2, 0.25) is 5.91 Å². The normalized spacial score (nSPS) is 16.8. The molecule has 0 aliphatic carbocycles. The maximum Gasteiger partial charge on any atom is 0.317 e. The molecule has 2 aliphatic rings. The number of benzene rings is 2. The van der Waals surface area contributed by atoms with Crippen LogP contribution in [0.3, 0.4) is 0 Å². The van der Waals surface area contributed by atoms with Gasteiger partial charge in [0, 0.05) is 51.9 Å². The maximum absolute atomic E-state index is 13.6. The van der Waals surface area contributed by atoms with E-state index in [-0.39, 0.29) is 23.8 Å². The van der Waals surface area contributed by atoms with Gasteiger partial charge in [-0.15, -0.1) is 0 Å². The smallest absolute Gasteiger partial charge is 0.317 e. The van der Waals surface area contributed by atoms with Gasteiger partial charge >= 0.3 is 6.03 Å². The number of urea groups is 1. The molecule has 8 heteroatoms. The van der Waals surface area contributed by atoms with Gasteiger partial charge < -0.3 is 24.8 Å². The molecule has 200 valence electrons. The Labute approximate surface area is 219 Å². The molecular formula is C29H39FN4O3. The monoisotopic (exact) mass is 510 g/mol. The van der Waals surface area contributed by atoms with Crippen LogP contribution in [0.4, 0.5) is 9.18 Å². The van der Waals surface area contributed by atoms with Gasteiger partial charge in [-0.2, -0.15) is 0 Å². The predicted molar refractivity (Wildman–Crippen MR) is 142 cm³/mol. The number of hydrogen-bond donors (Lipinski definition) is 1. The van der Waals surface area contributed by atoms with Crippen molar-refractivity contribution in [2.45, 2.75) is 45.7 Å². The van der Waals surface area contributed by atoms with Crippen molar-refractivity contribution in [1.29, 1.82) is 0 Å². The lowest BCUT2D eigenvalue weighted by atomic mass is 10.0. The van der Waals surface area contributed by atoms with E-state index in [2.05, 4.69) is 24.1 Å². The fourth-order valence-corrected chi connectivity index (χ4v) is 4.89. The molecule has 4 rings (SSSR count). The van der Waals surface area contributed by atoms with Crippen molar-refractivity contribution in [3.05, 3.63) is 65.5 Å². The van der Waals surface area contributed by atoms with E-state index in [1.165, 1.54) is 12.1 Å². The van der Waals surface area contributed by atoms with Crippen LogP contribution in [0.5, 0.6) is 5.75 Å². The molecule has 0 saturated carbocycles. The van der Waals surface area contributed by atoms with Gasteiger partial charge in [-0.25, -0.2) is 9.18 Å². The fourth-order valence-electron chi connectivity index (χ4n) is 4.89. The molecule has 2 aliphatic heterocycles. The Morgan fingerprint density at radius 2 is 1.70 bits per heavy atom. The number of ether oxygens (including phenoxy) is 1. The van der Waals surface area contributed by atoms with Gasteiger partial charge in [0.15, 0.2) is 0 Å². The quantitative estimate of drug-likeness (QED) is 0.498. The summed E-state index contributed by atoms with van der Waals surface area (Å²) in [6.45, 7) is 10.2. The summed E-state index contributed by atoms with van der Waals surface area (Å²) in [6, 6.07) is 14.3. The van der Waals surface area contributed by atoms with E-state index in [0.29, 0.717) is 25.5 Å². The minimum atomic E-state index is -0.276. The van der Waals surface area contributed by atoms with Crippen LogP contribution in [-0.4, -0.2) is 78.6 Å². The first-order valence-corrected chi connectivity index (χ1v) is 13.4. The largest absolute Gasteiger partial charge is 0.493 e. The van der Waals surface area contributed by atoms with E-state index in [0.717, 1.165) is 69.0 Å². The second-order valence-electron chi connectivity index (χ2n) is 10.5. The second-order valence-corrected chi connectivity index (χ2v) is 10.5. The Kier molecular flexibility index (Phi) is 9.39. The van der Waals surface area contributed by atoms with Gasteiger partial charge in [0.1, 0.15) is 11.6 Å². The third kappa shape index (κ3) is 7.92. The molecule has 7 nitrogen and oxygen atoms in total. The molecule has 0 radical (unpaired) electrons. The lowest BCUT2D eigenvalue weighted by Crippen LogP contribution is -2.48. The number of nitrogens with zero attached hydrogens (tertiary/aromatic N) is 3. The third-order valence-electron chi connectivity index (χ3n) is 7.08. The Balaban J connectivity index is 1.36. The first kappa shape index (κ1) is 26.9. The zero-order valence-corrected chi connectivity index (χ0v) is 22.0. The number of hydrogen-bond acceptors (Lipinski definition) is 4. The molecule has 0 unspecified atom stereocenters. The molecule has 2 saturated heterocycles. The summed E-state index contributed by atoms with van der Waals surface area (Å²) in [5.74, 6) is 1.06. The van der Waals surface area contributed by atoms with E-state index in [4.69, 9.17) is 4.74 Å². The van der Waals surface area contributed by atoms with Crippen molar-refractivity contribution in [3.63, 3.8) is 0 Å². The summed E-state index contributed by atoms with van der Waals surface area (Å²) >= 11 is 0. The molecule has 2 fully saturated rings. The van der Waals surface area contributed by atoms with Gasteiger partial charge in [0.05, 0.1) is 13.0 Å². The highest BCUT2D eigenvalue weighted by Gasteiger charge is 2.29. The summed E-state index contributed by atoms with van der Waals surface area (Å²) in [5, 5.41) is 2.85. The molecule has 1 N–H and O–H groups in total. The minimum absolute atomic E-state index is 0.0190.